The lowest BCUT2D eigenvalue weighted by molar-refractivity contribution is 0.0411. The summed E-state index contributed by atoms with van der Waals surface area (Å²) in [6, 6.07) is 6.85. The van der Waals surface area contributed by atoms with Crippen LogP contribution in [0.15, 0.2) is 35.3 Å². The van der Waals surface area contributed by atoms with Gasteiger partial charge >= 0.3 is 0 Å². The molecule has 2 aromatic carbocycles. The summed E-state index contributed by atoms with van der Waals surface area (Å²) in [4.78, 5) is 15.2. The van der Waals surface area contributed by atoms with E-state index in [2.05, 4.69) is 15.2 Å². The van der Waals surface area contributed by atoms with Gasteiger partial charge in [-0.3, -0.25) is 9.89 Å². The molecule has 0 atom stereocenters. The van der Waals surface area contributed by atoms with Crippen LogP contribution in [0.2, 0.25) is 10.0 Å². The minimum atomic E-state index is -0.842. The van der Waals surface area contributed by atoms with E-state index in [1.807, 2.05) is 0 Å². The Kier molecular flexibility index (Phi) is 4.18. The number of aromatic nitrogens is 3. The van der Waals surface area contributed by atoms with Crippen molar-refractivity contribution in [2.24, 2.45) is 0 Å². The Morgan fingerprint density at radius 3 is 2.72 bits per heavy atom. The number of hydrogen-bond donors (Lipinski definition) is 3. The highest BCUT2D eigenvalue weighted by Crippen LogP contribution is 2.41. The molecule has 29 heavy (non-hydrogen) atoms. The standard InChI is InChI=1S/C20H15Cl2FN4O2/c21-13-2-1-10(12-7-25-27-19(12)13)17-11-5-16(29-9-3-8(23)4-9)14(22)6-15(11)26-20(28)18(17)24/h1-2,5-9H,3-4,24H2,(H,25,27)(H,26,28). The average molecular weight is 433 g/mol. The topological polar surface area (TPSA) is 96.8 Å². The predicted molar refractivity (Wildman–Crippen MR) is 113 cm³/mol. The van der Waals surface area contributed by atoms with Crippen molar-refractivity contribution in [3.05, 3.63) is 50.9 Å². The molecule has 6 nitrogen and oxygen atoms in total. The molecule has 5 rings (SSSR count). The molecule has 2 aromatic heterocycles. The molecule has 148 valence electrons. The minimum absolute atomic E-state index is 0.0584. The van der Waals surface area contributed by atoms with Gasteiger partial charge in [0.05, 0.1) is 27.3 Å². The smallest absolute Gasteiger partial charge is 0.272 e. The van der Waals surface area contributed by atoms with Crippen molar-refractivity contribution >= 4 is 50.7 Å². The zero-order valence-corrected chi connectivity index (χ0v) is 16.4. The maximum atomic E-state index is 13.2. The van der Waals surface area contributed by atoms with Gasteiger partial charge in [0.1, 0.15) is 23.7 Å². The van der Waals surface area contributed by atoms with E-state index in [4.69, 9.17) is 33.7 Å². The van der Waals surface area contributed by atoms with Crippen molar-refractivity contribution in [2.75, 3.05) is 5.73 Å². The van der Waals surface area contributed by atoms with Crippen LogP contribution in [-0.2, 0) is 0 Å². The SMILES string of the molecule is Nc1c(-c2ccc(Cl)c3[nH]ncc23)c2cc(OC3CC(F)C3)c(Cl)cc2[nH]c1=O. The number of halogens is 3. The van der Waals surface area contributed by atoms with Gasteiger partial charge < -0.3 is 15.5 Å². The Morgan fingerprint density at radius 1 is 1.17 bits per heavy atom. The number of ether oxygens (including phenoxy) is 1. The normalized spacial score (nSPS) is 18.9. The van der Waals surface area contributed by atoms with Crippen LogP contribution in [0.5, 0.6) is 5.75 Å². The van der Waals surface area contributed by atoms with Crippen molar-refractivity contribution in [3.63, 3.8) is 0 Å². The van der Waals surface area contributed by atoms with E-state index in [1.165, 1.54) is 0 Å². The number of hydrogen-bond acceptors (Lipinski definition) is 4. The molecule has 1 fully saturated rings. The molecule has 0 aliphatic heterocycles. The third kappa shape index (κ3) is 2.92. The Hall–Kier alpha value is -2.77. The molecule has 1 aliphatic rings. The second kappa shape index (κ2) is 6.64. The molecule has 4 N–H and O–H groups in total. The fourth-order valence-corrected chi connectivity index (χ4v) is 4.10. The minimum Gasteiger partial charge on any atom is -0.489 e. The first-order valence-electron chi connectivity index (χ1n) is 9.00. The van der Waals surface area contributed by atoms with Gasteiger partial charge in [0.15, 0.2) is 0 Å². The molecule has 2 heterocycles. The van der Waals surface area contributed by atoms with Gasteiger partial charge in [-0.1, -0.05) is 29.3 Å². The van der Waals surface area contributed by atoms with Crippen LogP contribution in [0.25, 0.3) is 32.9 Å². The molecule has 4 aromatic rings. The summed E-state index contributed by atoms with van der Waals surface area (Å²) in [5, 5.41) is 9.14. The van der Waals surface area contributed by atoms with Gasteiger partial charge in [-0.15, -0.1) is 0 Å². The van der Waals surface area contributed by atoms with Crippen molar-refractivity contribution in [1.29, 1.82) is 0 Å². The fourth-order valence-electron chi connectivity index (χ4n) is 3.69. The van der Waals surface area contributed by atoms with Gasteiger partial charge in [-0.25, -0.2) is 4.39 Å². The molecule has 1 saturated carbocycles. The number of pyridine rings is 1. The fraction of sp³-hybridized carbons (Fsp3) is 0.200. The van der Waals surface area contributed by atoms with E-state index in [0.717, 1.165) is 5.39 Å². The number of nitrogens with zero attached hydrogens (tertiary/aromatic N) is 1. The number of nitrogens with one attached hydrogen (secondary N) is 2. The summed E-state index contributed by atoms with van der Waals surface area (Å²) in [7, 11) is 0. The lowest BCUT2D eigenvalue weighted by atomic mass is 9.93. The Labute approximate surface area is 173 Å². The summed E-state index contributed by atoms with van der Waals surface area (Å²) in [5.41, 5.74) is 8.22. The van der Waals surface area contributed by atoms with Gasteiger partial charge in [-0.05, 0) is 23.8 Å². The van der Waals surface area contributed by atoms with Crippen molar-refractivity contribution < 1.29 is 9.13 Å². The van der Waals surface area contributed by atoms with Gasteiger partial charge in [0.2, 0.25) is 0 Å². The zero-order chi connectivity index (χ0) is 20.3. The highest BCUT2D eigenvalue weighted by molar-refractivity contribution is 6.36. The largest absolute Gasteiger partial charge is 0.489 e. The van der Waals surface area contributed by atoms with E-state index in [9.17, 15) is 9.18 Å². The van der Waals surface area contributed by atoms with E-state index >= 15 is 0 Å². The number of H-pyrrole nitrogens is 2. The summed E-state index contributed by atoms with van der Waals surface area (Å²) in [6.07, 6.45) is 1.24. The predicted octanol–water partition coefficient (Wildman–Crippen LogP) is 4.84. The Balaban J connectivity index is 1.77. The van der Waals surface area contributed by atoms with Crippen LogP contribution in [0.1, 0.15) is 12.8 Å². The summed E-state index contributed by atoms with van der Waals surface area (Å²) >= 11 is 12.6. The second-order valence-corrected chi connectivity index (χ2v) is 7.95. The van der Waals surface area contributed by atoms with E-state index in [0.29, 0.717) is 56.2 Å². The first-order chi connectivity index (χ1) is 13.9. The molecule has 0 saturated heterocycles. The molecule has 0 unspecified atom stereocenters. The van der Waals surface area contributed by atoms with Crippen LogP contribution in [-0.4, -0.2) is 27.5 Å². The molecule has 0 spiro atoms. The van der Waals surface area contributed by atoms with Gasteiger partial charge in [0.25, 0.3) is 5.56 Å². The van der Waals surface area contributed by atoms with Crippen LogP contribution >= 0.6 is 23.2 Å². The second-order valence-electron chi connectivity index (χ2n) is 7.13. The first-order valence-corrected chi connectivity index (χ1v) is 9.75. The van der Waals surface area contributed by atoms with Crippen LogP contribution in [0.4, 0.5) is 10.1 Å². The molecule has 0 radical (unpaired) electrons. The summed E-state index contributed by atoms with van der Waals surface area (Å²) < 4.78 is 19.0. The molecule has 1 aliphatic carbocycles. The quantitative estimate of drug-likeness (QED) is 0.431. The zero-order valence-electron chi connectivity index (χ0n) is 14.9. The van der Waals surface area contributed by atoms with Crippen LogP contribution in [0, 0.1) is 0 Å². The number of aromatic amines is 2. The molecule has 9 heteroatoms. The van der Waals surface area contributed by atoms with Crippen molar-refractivity contribution in [3.8, 4) is 16.9 Å². The van der Waals surface area contributed by atoms with E-state index in [-0.39, 0.29) is 11.8 Å². The number of benzene rings is 2. The summed E-state index contributed by atoms with van der Waals surface area (Å²) in [6.45, 7) is 0. The lowest BCUT2D eigenvalue weighted by Gasteiger charge is -2.30. The number of anilines is 1. The maximum absolute atomic E-state index is 13.2. The number of rotatable bonds is 3. The van der Waals surface area contributed by atoms with Crippen LogP contribution < -0.4 is 16.0 Å². The molecular formula is C20H15Cl2FN4O2. The van der Waals surface area contributed by atoms with Crippen LogP contribution in [0.3, 0.4) is 0 Å². The third-order valence-electron chi connectivity index (χ3n) is 5.27. The van der Waals surface area contributed by atoms with Gasteiger partial charge in [0, 0.05) is 29.2 Å². The summed E-state index contributed by atoms with van der Waals surface area (Å²) in [5.74, 6) is 0.418. The Bertz CT molecular complexity index is 1330. The molecule has 0 amide bonds. The number of nitrogen functional groups attached to an aromatic ring is 1. The third-order valence-corrected chi connectivity index (χ3v) is 5.88. The number of fused-ring (bicyclic) bond motifs is 2. The lowest BCUT2D eigenvalue weighted by Crippen LogP contribution is -2.34. The maximum Gasteiger partial charge on any atom is 0.272 e. The highest BCUT2D eigenvalue weighted by Gasteiger charge is 2.31. The number of nitrogens with two attached hydrogens (primary N) is 1. The van der Waals surface area contributed by atoms with E-state index in [1.54, 1.807) is 30.5 Å². The highest BCUT2D eigenvalue weighted by atomic mass is 35.5. The monoisotopic (exact) mass is 432 g/mol. The van der Waals surface area contributed by atoms with Crippen molar-refractivity contribution in [1.82, 2.24) is 15.2 Å². The van der Waals surface area contributed by atoms with E-state index < -0.39 is 11.7 Å². The number of alkyl halides is 1. The average Bonchev–Trinajstić information content (AvgIpc) is 3.15. The molecular weight excluding hydrogens is 418 g/mol. The Morgan fingerprint density at radius 2 is 1.97 bits per heavy atom. The van der Waals surface area contributed by atoms with Crippen molar-refractivity contribution in [2.45, 2.75) is 25.1 Å². The first kappa shape index (κ1) is 18.3. The molecule has 0 bridgehead atoms. The van der Waals surface area contributed by atoms with Gasteiger partial charge in [-0.2, -0.15) is 5.10 Å².